The van der Waals surface area contributed by atoms with E-state index in [2.05, 4.69) is 5.32 Å². The van der Waals surface area contributed by atoms with Gasteiger partial charge in [-0.3, -0.25) is 4.79 Å². The number of methoxy groups -OCH3 is 1. The highest BCUT2D eigenvalue weighted by molar-refractivity contribution is 6.30. The molecule has 1 N–H and O–H groups in total. The minimum absolute atomic E-state index is 0.0818. The molecule has 0 aliphatic rings. The van der Waals surface area contributed by atoms with Gasteiger partial charge in [0.05, 0.1) is 17.9 Å². The topological polar surface area (TPSA) is 47.6 Å². The van der Waals surface area contributed by atoms with E-state index in [1.807, 2.05) is 0 Å². The lowest BCUT2D eigenvalue weighted by Crippen LogP contribution is -2.13. The zero-order valence-corrected chi connectivity index (χ0v) is 15.1. The molecule has 0 aliphatic heterocycles. The summed E-state index contributed by atoms with van der Waals surface area (Å²) >= 11 is 5.86. The molecule has 4 nitrogen and oxygen atoms in total. The van der Waals surface area contributed by atoms with Crippen LogP contribution in [0, 0.1) is 0 Å². The van der Waals surface area contributed by atoms with Gasteiger partial charge >= 0.3 is 6.18 Å². The predicted molar refractivity (Wildman–Crippen MR) is 97.9 cm³/mol. The van der Waals surface area contributed by atoms with Crippen LogP contribution >= 0.6 is 11.6 Å². The Morgan fingerprint density at radius 1 is 1.19 bits per heavy atom. The summed E-state index contributed by atoms with van der Waals surface area (Å²) in [7, 11) is 1.47. The van der Waals surface area contributed by atoms with Crippen molar-refractivity contribution in [1.82, 2.24) is 0 Å². The van der Waals surface area contributed by atoms with Gasteiger partial charge < -0.3 is 14.8 Å². The first-order valence-electron chi connectivity index (χ1n) is 7.87. The number of halogens is 4. The summed E-state index contributed by atoms with van der Waals surface area (Å²) < 4.78 is 49.1. The second-order valence-electron chi connectivity index (χ2n) is 5.43. The van der Waals surface area contributed by atoms with E-state index in [1.54, 1.807) is 24.3 Å². The van der Waals surface area contributed by atoms with E-state index in [4.69, 9.17) is 21.1 Å². The molecular weight excluding hydrogens is 383 g/mol. The Morgan fingerprint density at radius 2 is 1.96 bits per heavy atom. The molecular formula is C19H17ClF3NO3. The molecule has 2 aromatic rings. The van der Waals surface area contributed by atoms with Crippen LogP contribution in [0.15, 0.2) is 48.5 Å². The standard InChI is InChI=1S/C19H17ClF3NO3/c1-26-9-10-27-17-7-6-14(19(21,22)23)12-16(17)24-18(25)8-5-13-3-2-4-15(20)11-13/h2-8,11-12H,9-10H2,1H3,(H,24,25)/b8-5+. The molecule has 2 rings (SSSR count). The van der Waals surface area contributed by atoms with Crippen LogP contribution in [0.1, 0.15) is 11.1 Å². The fourth-order valence-corrected chi connectivity index (χ4v) is 2.32. The van der Waals surface area contributed by atoms with E-state index in [0.29, 0.717) is 10.6 Å². The first-order chi connectivity index (χ1) is 12.8. The predicted octanol–water partition coefficient (Wildman–Crippen LogP) is 5.04. The number of hydrogen-bond acceptors (Lipinski definition) is 3. The van der Waals surface area contributed by atoms with Gasteiger partial charge in [0.2, 0.25) is 5.91 Å². The summed E-state index contributed by atoms with van der Waals surface area (Å²) in [5, 5.41) is 2.91. The van der Waals surface area contributed by atoms with Gasteiger partial charge in [0.15, 0.2) is 0 Å². The maximum absolute atomic E-state index is 13.0. The number of nitrogens with one attached hydrogen (secondary N) is 1. The average molecular weight is 400 g/mol. The Labute approximate surface area is 159 Å². The van der Waals surface area contributed by atoms with E-state index in [-0.39, 0.29) is 24.7 Å². The summed E-state index contributed by atoms with van der Waals surface area (Å²) in [4.78, 5) is 12.1. The fraction of sp³-hybridized carbons (Fsp3) is 0.211. The average Bonchev–Trinajstić information content (AvgIpc) is 2.60. The minimum Gasteiger partial charge on any atom is -0.489 e. The summed E-state index contributed by atoms with van der Waals surface area (Å²) in [5.41, 5.74) is -0.296. The SMILES string of the molecule is COCCOc1ccc(C(F)(F)F)cc1NC(=O)/C=C/c1cccc(Cl)c1. The highest BCUT2D eigenvalue weighted by Crippen LogP contribution is 2.35. The van der Waals surface area contributed by atoms with E-state index < -0.39 is 17.6 Å². The number of ether oxygens (including phenoxy) is 2. The van der Waals surface area contributed by atoms with Crippen LogP contribution in [-0.2, 0) is 15.7 Å². The highest BCUT2D eigenvalue weighted by Gasteiger charge is 2.31. The van der Waals surface area contributed by atoms with Crippen molar-refractivity contribution < 1.29 is 27.4 Å². The molecule has 0 spiro atoms. The third kappa shape index (κ3) is 6.62. The second kappa shape index (κ2) is 9.43. The third-order valence-corrected chi connectivity index (χ3v) is 3.62. The van der Waals surface area contributed by atoms with Gasteiger partial charge in [-0.05, 0) is 42.0 Å². The largest absolute Gasteiger partial charge is 0.489 e. The minimum atomic E-state index is -4.54. The van der Waals surface area contributed by atoms with Gasteiger partial charge in [-0.1, -0.05) is 23.7 Å². The van der Waals surface area contributed by atoms with Gasteiger partial charge in [0, 0.05) is 18.2 Å². The fourth-order valence-electron chi connectivity index (χ4n) is 2.12. The number of hydrogen-bond donors (Lipinski definition) is 1. The molecule has 0 atom stereocenters. The van der Waals surface area contributed by atoms with Crippen LogP contribution in [0.5, 0.6) is 5.75 Å². The Bertz CT molecular complexity index is 822. The van der Waals surface area contributed by atoms with Gasteiger partial charge in [0.1, 0.15) is 12.4 Å². The number of rotatable bonds is 7. The highest BCUT2D eigenvalue weighted by atomic mass is 35.5. The first-order valence-corrected chi connectivity index (χ1v) is 8.25. The summed E-state index contributed by atoms with van der Waals surface area (Å²) in [5.74, 6) is -0.490. The van der Waals surface area contributed by atoms with E-state index >= 15 is 0 Å². The van der Waals surface area contributed by atoms with Gasteiger partial charge in [-0.2, -0.15) is 13.2 Å². The van der Waals surface area contributed by atoms with Crippen molar-refractivity contribution in [2.45, 2.75) is 6.18 Å². The van der Waals surface area contributed by atoms with E-state index in [1.165, 1.54) is 19.3 Å². The summed E-state index contributed by atoms with van der Waals surface area (Å²) in [6.07, 6.45) is -1.84. The number of carbonyl (C=O) groups excluding carboxylic acids is 1. The molecule has 0 fully saturated rings. The molecule has 0 bridgehead atoms. The van der Waals surface area contributed by atoms with Gasteiger partial charge in [-0.25, -0.2) is 0 Å². The van der Waals surface area contributed by atoms with Crippen molar-refractivity contribution in [3.8, 4) is 5.75 Å². The molecule has 27 heavy (non-hydrogen) atoms. The maximum Gasteiger partial charge on any atom is 0.416 e. The number of carbonyl (C=O) groups is 1. The molecule has 144 valence electrons. The molecule has 0 aliphatic carbocycles. The lowest BCUT2D eigenvalue weighted by molar-refractivity contribution is -0.137. The van der Waals surface area contributed by atoms with Crippen molar-refractivity contribution in [3.63, 3.8) is 0 Å². The lowest BCUT2D eigenvalue weighted by atomic mass is 10.1. The third-order valence-electron chi connectivity index (χ3n) is 3.39. The van der Waals surface area contributed by atoms with Crippen molar-refractivity contribution in [3.05, 3.63) is 64.7 Å². The number of anilines is 1. The smallest absolute Gasteiger partial charge is 0.416 e. The molecule has 0 heterocycles. The Hall–Kier alpha value is -2.51. The zero-order valence-electron chi connectivity index (χ0n) is 14.3. The molecule has 0 aromatic heterocycles. The van der Waals surface area contributed by atoms with E-state index in [9.17, 15) is 18.0 Å². The molecule has 0 radical (unpaired) electrons. The van der Waals surface area contributed by atoms with Crippen LogP contribution in [0.25, 0.3) is 6.08 Å². The van der Waals surface area contributed by atoms with Crippen LogP contribution in [0.2, 0.25) is 5.02 Å². The normalized spacial score (nSPS) is 11.6. The zero-order chi connectivity index (χ0) is 19.9. The first kappa shape index (κ1) is 20.8. The molecule has 0 saturated carbocycles. The van der Waals surface area contributed by atoms with Crippen LogP contribution < -0.4 is 10.1 Å². The lowest BCUT2D eigenvalue weighted by Gasteiger charge is -2.14. The van der Waals surface area contributed by atoms with Crippen molar-refractivity contribution in [2.75, 3.05) is 25.6 Å². The molecule has 0 saturated heterocycles. The van der Waals surface area contributed by atoms with Crippen LogP contribution in [0.4, 0.5) is 18.9 Å². The van der Waals surface area contributed by atoms with Crippen molar-refractivity contribution in [2.24, 2.45) is 0 Å². The second-order valence-corrected chi connectivity index (χ2v) is 5.86. The molecule has 2 aromatic carbocycles. The molecule has 0 unspecified atom stereocenters. The van der Waals surface area contributed by atoms with Crippen LogP contribution in [0.3, 0.4) is 0 Å². The monoisotopic (exact) mass is 399 g/mol. The molecule has 8 heteroatoms. The Morgan fingerprint density at radius 3 is 2.63 bits per heavy atom. The van der Waals surface area contributed by atoms with E-state index in [0.717, 1.165) is 18.2 Å². The summed E-state index contributed by atoms with van der Waals surface area (Å²) in [6.45, 7) is 0.381. The van der Waals surface area contributed by atoms with Gasteiger partial charge in [-0.15, -0.1) is 0 Å². The van der Waals surface area contributed by atoms with Crippen LogP contribution in [-0.4, -0.2) is 26.2 Å². The van der Waals surface area contributed by atoms with Crippen molar-refractivity contribution in [1.29, 1.82) is 0 Å². The molecule has 1 amide bonds. The Kier molecular flexibility index (Phi) is 7.27. The number of amides is 1. The summed E-state index contributed by atoms with van der Waals surface area (Å²) in [6, 6.07) is 9.66. The quantitative estimate of drug-likeness (QED) is 0.524. The Balaban J connectivity index is 2.19. The van der Waals surface area contributed by atoms with Crippen molar-refractivity contribution >= 4 is 29.3 Å². The number of benzene rings is 2. The number of alkyl halides is 3. The van der Waals surface area contributed by atoms with Gasteiger partial charge in [0.25, 0.3) is 0 Å². The maximum atomic E-state index is 13.0.